The predicted molar refractivity (Wildman–Crippen MR) is 67.0 cm³/mol. The number of rotatable bonds is 2. The van der Waals surface area contributed by atoms with Gasteiger partial charge in [-0.25, -0.2) is 0 Å². The van der Waals surface area contributed by atoms with Crippen molar-refractivity contribution in [3.8, 4) is 0 Å². The van der Waals surface area contributed by atoms with Crippen molar-refractivity contribution in [1.82, 2.24) is 10.2 Å². The van der Waals surface area contributed by atoms with Gasteiger partial charge in [0.05, 0.1) is 18.2 Å². The molecule has 2 rings (SSSR count). The van der Waals surface area contributed by atoms with Crippen LogP contribution in [0.4, 0.5) is 0 Å². The molecule has 5 heteroatoms. The number of nitrogens with zero attached hydrogens (tertiary/aromatic N) is 1. The van der Waals surface area contributed by atoms with Crippen LogP contribution in [0.15, 0.2) is 0 Å². The fourth-order valence-corrected chi connectivity index (χ4v) is 2.90. The summed E-state index contributed by atoms with van der Waals surface area (Å²) < 4.78 is 5.68. The van der Waals surface area contributed by atoms with Gasteiger partial charge in [0.25, 0.3) is 0 Å². The van der Waals surface area contributed by atoms with Crippen molar-refractivity contribution in [3.05, 3.63) is 0 Å². The highest BCUT2D eigenvalue weighted by Gasteiger charge is 2.34. The van der Waals surface area contributed by atoms with Gasteiger partial charge >= 0.3 is 0 Å². The second-order valence-corrected chi connectivity index (χ2v) is 5.47. The van der Waals surface area contributed by atoms with Crippen LogP contribution in [0, 0.1) is 0 Å². The average molecular weight is 254 g/mol. The van der Waals surface area contributed by atoms with Crippen LogP contribution in [0.3, 0.4) is 0 Å². The minimum Gasteiger partial charge on any atom is -0.375 e. The van der Waals surface area contributed by atoms with Crippen molar-refractivity contribution in [2.75, 3.05) is 7.05 Å². The topological polar surface area (TPSA) is 58.6 Å². The summed E-state index contributed by atoms with van der Waals surface area (Å²) in [7, 11) is 1.56. The summed E-state index contributed by atoms with van der Waals surface area (Å²) in [5.74, 6) is -0.176. The van der Waals surface area contributed by atoms with E-state index in [-0.39, 0.29) is 30.1 Å². The summed E-state index contributed by atoms with van der Waals surface area (Å²) in [6.45, 7) is 4.12. The molecule has 0 spiro atoms. The number of ether oxygens (including phenoxy) is 1. The van der Waals surface area contributed by atoms with E-state index < -0.39 is 0 Å². The van der Waals surface area contributed by atoms with E-state index in [0.29, 0.717) is 18.9 Å². The van der Waals surface area contributed by atoms with E-state index in [1.807, 2.05) is 0 Å². The molecule has 0 bridgehead atoms. The molecule has 0 radical (unpaired) electrons. The van der Waals surface area contributed by atoms with E-state index in [1.165, 1.54) is 4.90 Å². The van der Waals surface area contributed by atoms with Crippen LogP contribution in [-0.2, 0) is 14.3 Å². The van der Waals surface area contributed by atoms with Gasteiger partial charge in [-0.1, -0.05) is 0 Å². The molecule has 2 saturated heterocycles. The van der Waals surface area contributed by atoms with Gasteiger partial charge in [0.2, 0.25) is 11.8 Å². The first-order valence-electron chi connectivity index (χ1n) is 6.69. The largest absolute Gasteiger partial charge is 0.375 e. The third-order valence-corrected chi connectivity index (χ3v) is 3.78. The molecule has 0 aromatic heterocycles. The van der Waals surface area contributed by atoms with Crippen LogP contribution in [0.2, 0.25) is 0 Å². The SMILES string of the molecule is CC1CC(NC2CCC(=O)N(C)C2=O)CC(C)O1. The molecule has 2 heterocycles. The molecule has 0 aromatic carbocycles. The first-order chi connectivity index (χ1) is 8.47. The second-order valence-electron chi connectivity index (χ2n) is 5.47. The molecule has 18 heavy (non-hydrogen) atoms. The van der Waals surface area contributed by atoms with E-state index in [4.69, 9.17) is 4.74 Å². The Bertz CT molecular complexity index is 335. The van der Waals surface area contributed by atoms with Crippen molar-refractivity contribution in [1.29, 1.82) is 0 Å². The molecule has 3 atom stereocenters. The minimum absolute atomic E-state index is 0.0771. The second kappa shape index (κ2) is 5.36. The molecule has 2 amide bonds. The normalized spacial score (nSPS) is 38.1. The summed E-state index contributed by atoms with van der Waals surface area (Å²) in [5.41, 5.74) is 0. The fraction of sp³-hybridized carbons (Fsp3) is 0.846. The number of hydrogen-bond acceptors (Lipinski definition) is 4. The van der Waals surface area contributed by atoms with Crippen LogP contribution in [-0.4, -0.2) is 48.1 Å². The Morgan fingerprint density at radius 2 is 1.83 bits per heavy atom. The van der Waals surface area contributed by atoms with Crippen LogP contribution < -0.4 is 5.32 Å². The Hall–Kier alpha value is -0.940. The summed E-state index contributed by atoms with van der Waals surface area (Å²) in [6, 6.07) is 0.0921. The Kier molecular flexibility index (Phi) is 4.02. The smallest absolute Gasteiger partial charge is 0.246 e. The monoisotopic (exact) mass is 254 g/mol. The van der Waals surface area contributed by atoms with E-state index in [2.05, 4.69) is 19.2 Å². The van der Waals surface area contributed by atoms with Gasteiger partial charge < -0.3 is 10.1 Å². The maximum Gasteiger partial charge on any atom is 0.246 e. The highest BCUT2D eigenvalue weighted by Crippen LogP contribution is 2.21. The number of likely N-dealkylation sites (tertiary alicyclic amines) is 1. The highest BCUT2D eigenvalue weighted by molar-refractivity contribution is 6.00. The highest BCUT2D eigenvalue weighted by atomic mass is 16.5. The number of imide groups is 1. The number of hydrogen-bond donors (Lipinski definition) is 1. The Labute approximate surface area is 108 Å². The number of carbonyl (C=O) groups excluding carboxylic acids is 2. The zero-order valence-corrected chi connectivity index (χ0v) is 11.3. The first kappa shape index (κ1) is 13.5. The zero-order chi connectivity index (χ0) is 13.3. The zero-order valence-electron chi connectivity index (χ0n) is 11.3. The third-order valence-electron chi connectivity index (χ3n) is 3.78. The number of likely N-dealkylation sites (N-methyl/N-ethyl adjacent to an activating group) is 1. The van der Waals surface area contributed by atoms with Crippen LogP contribution >= 0.6 is 0 Å². The van der Waals surface area contributed by atoms with E-state index >= 15 is 0 Å². The van der Waals surface area contributed by atoms with Crippen molar-refractivity contribution >= 4 is 11.8 Å². The molecule has 0 aliphatic carbocycles. The quantitative estimate of drug-likeness (QED) is 0.736. The Balaban J connectivity index is 1.93. The van der Waals surface area contributed by atoms with Gasteiger partial charge in [-0.15, -0.1) is 0 Å². The van der Waals surface area contributed by atoms with Crippen molar-refractivity contribution in [3.63, 3.8) is 0 Å². The van der Waals surface area contributed by atoms with E-state index in [9.17, 15) is 9.59 Å². The Morgan fingerprint density at radius 3 is 2.44 bits per heavy atom. The lowest BCUT2D eigenvalue weighted by Gasteiger charge is -2.36. The van der Waals surface area contributed by atoms with Gasteiger partial charge in [0.15, 0.2) is 0 Å². The molecule has 0 saturated carbocycles. The van der Waals surface area contributed by atoms with Crippen LogP contribution in [0.1, 0.15) is 39.5 Å². The van der Waals surface area contributed by atoms with Gasteiger partial charge in [-0.3, -0.25) is 14.5 Å². The molecule has 102 valence electrons. The molecule has 1 N–H and O–H groups in total. The summed E-state index contributed by atoms with van der Waals surface area (Å²) >= 11 is 0. The van der Waals surface area contributed by atoms with E-state index in [1.54, 1.807) is 7.05 Å². The molecule has 2 aliphatic rings. The fourth-order valence-electron chi connectivity index (χ4n) is 2.90. The van der Waals surface area contributed by atoms with Gasteiger partial charge in [-0.2, -0.15) is 0 Å². The van der Waals surface area contributed by atoms with E-state index in [0.717, 1.165) is 12.8 Å². The maximum atomic E-state index is 12.0. The maximum absolute atomic E-state index is 12.0. The lowest BCUT2D eigenvalue weighted by atomic mass is 9.96. The lowest BCUT2D eigenvalue weighted by molar-refractivity contribution is -0.148. The predicted octanol–water partition coefficient (Wildman–Crippen LogP) is 0.679. The molecule has 5 nitrogen and oxygen atoms in total. The first-order valence-corrected chi connectivity index (χ1v) is 6.69. The van der Waals surface area contributed by atoms with Crippen molar-refractivity contribution in [2.45, 2.75) is 63.8 Å². The molecule has 2 fully saturated rings. The number of amides is 2. The molecular formula is C13H22N2O3. The van der Waals surface area contributed by atoms with Gasteiger partial charge in [0.1, 0.15) is 0 Å². The van der Waals surface area contributed by atoms with Crippen molar-refractivity contribution < 1.29 is 14.3 Å². The standard InChI is InChI=1S/C13H22N2O3/c1-8-6-10(7-9(2)18-8)14-11-4-5-12(16)15(3)13(11)17/h8-11,14H,4-7H2,1-3H3. The number of nitrogens with one attached hydrogen (secondary N) is 1. The number of carbonyl (C=O) groups is 2. The summed E-state index contributed by atoms with van der Waals surface area (Å²) in [5, 5.41) is 3.40. The molecule has 2 aliphatic heterocycles. The van der Waals surface area contributed by atoms with Crippen LogP contribution in [0.25, 0.3) is 0 Å². The molecular weight excluding hydrogens is 232 g/mol. The average Bonchev–Trinajstić information content (AvgIpc) is 2.29. The molecule has 3 unspecified atom stereocenters. The summed E-state index contributed by atoms with van der Waals surface area (Å²) in [6.07, 6.45) is 3.36. The lowest BCUT2D eigenvalue weighted by Crippen LogP contribution is -2.55. The number of piperidine rings is 1. The minimum atomic E-state index is -0.213. The third kappa shape index (κ3) is 2.90. The van der Waals surface area contributed by atoms with Gasteiger partial charge in [-0.05, 0) is 33.1 Å². The molecule has 0 aromatic rings. The van der Waals surface area contributed by atoms with Crippen LogP contribution in [0.5, 0.6) is 0 Å². The van der Waals surface area contributed by atoms with Crippen molar-refractivity contribution in [2.24, 2.45) is 0 Å². The Morgan fingerprint density at radius 1 is 1.22 bits per heavy atom. The summed E-state index contributed by atoms with van der Waals surface area (Å²) in [4.78, 5) is 24.6. The van der Waals surface area contributed by atoms with Gasteiger partial charge in [0, 0.05) is 19.5 Å².